The number of benzene rings is 2. The maximum Gasteiger partial charge on any atom is 0.291 e. The molecule has 116 valence electrons. The van der Waals surface area contributed by atoms with Gasteiger partial charge in [0.15, 0.2) is 5.76 Å². The van der Waals surface area contributed by atoms with Crippen molar-refractivity contribution < 1.29 is 9.21 Å². The summed E-state index contributed by atoms with van der Waals surface area (Å²) >= 11 is 5.98. The van der Waals surface area contributed by atoms with E-state index in [9.17, 15) is 4.79 Å². The van der Waals surface area contributed by atoms with E-state index in [1.165, 1.54) is 5.56 Å². The Labute approximate surface area is 139 Å². The van der Waals surface area contributed by atoms with Crippen molar-refractivity contribution in [3.63, 3.8) is 0 Å². The predicted molar refractivity (Wildman–Crippen MR) is 92.9 cm³/mol. The molecule has 0 saturated carbocycles. The van der Waals surface area contributed by atoms with Gasteiger partial charge in [-0.05, 0) is 48.4 Å². The van der Waals surface area contributed by atoms with E-state index in [0.29, 0.717) is 10.8 Å². The van der Waals surface area contributed by atoms with Crippen LogP contribution in [0.5, 0.6) is 0 Å². The first-order valence-corrected chi connectivity index (χ1v) is 7.79. The summed E-state index contributed by atoms with van der Waals surface area (Å²) in [6.45, 7) is 2.09. The molecule has 3 aromatic rings. The van der Waals surface area contributed by atoms with Gasteiger partial charge in [-0.25, -0.2) is 0 Å². The number of hydrogen-bond acceptors (Lipinski definition) is 2. The Morgan fingerprint density at radius 2 is 1.87 bits per heavy atom. The second-order valence-corrected chi connectivity index (χ2v) is 5.62. The monoisotopic (exact) mass is 325 g/mol. The average molecular weight is 326 g/mol. The summed E-state index contributed by atoms with van der Waals surface area (Å²) < 4.78 is 5.63. The molecule has 1 aromatic heterocycles. The Morgan fingerprint density at radius 3 is 2.57 bits per heavy atom. The van der Waals surface area contributed by atoms with Gasteiger partial charge in [-0.2, -0.15) is 0 Å². The van der Waals surface area contributed by atoms with Gasteiger partial charge < -0.3 is 9.73 Å². The summed E-state index contributed by atoms with van der Waals surface area (Å²) in [6, 6.07) is 18.5. The van der Waals surface area contributed by atoms with Crippen LogP contribution in [0.3, 0.4) is 0 Å². The zero-order valence-corrected chi connectivity index (χ0v) is 13.4. The minimum atomic E-state index is -0.275. The van der Waals surface area contributed by atoms with Crippen LogP contribution in [0, 0.1) is 0 Å². The van der Waals surface area contributed by atoms with Gasteiger partial charge >= 0.3 is 0 Å². The molecule has 1 amide bonds. The smallest absolute Gasteiger partial charge is 0.291 e. The van der Waals surface area contributed by atoms with Crippen molar-refractivity contribution in [2.24, 2.45) is 0 Å². The Hall–Kier alpha value is -2.52. The van der Waals surface area contributed by atoms with Crippen molar-refractivity contribution in [2.75, 3.05) is 5.32 Å². The molecule has 0 aliphatic rings. The van der Waals surface area contributed by atoms with E-state index in [0.717, 1.165) is 17.7 Å². The molecule has 2 aromatic carbocycles. The highest BCUT2D eigenvalue weighted by molar-refractivity contribution is 6.30. The van der Waals surface area contributed by atoms with E-state index in [2.05, 4.69) is 12.2 Å². The van der Waals surface area contributed by atoms with Crippen LogP contribution in [-0.2, 0) is 6.42 Å². The van der Waals surface area contributed by atoms with Gasteiger partial charge in [0.05, 0.1) is 0 Å². The molecule has 0 spiro atoms. The highest BCUT2D eigenvalue weighted by atomic mass is 35.5. The largest absolute Gasteiger partial charge is 0.451 e. The molecular weight excluding hydrogens is 310 g/mol. The number of carbonyl (C=O) groups is 1. The highest BCUT2D eigenvalue weighted by Gasteiger charge is 2.12. The molecule has 0 atom stereocenters. The van der Waals surface area contributed by atoms with Gasteiger partial charge in [0.2, 0.25) is 0 Å². The van der Waals surface area contributed by atoms with E-state index in [1.54, 1.807) is 24.3 Å². The lowest BCUT2D eigenvalue weighted by atomic mass is 10.1. The van der Waals surface area contributed by atoms with Crippen LogP contribution in [0.2, 0.25) is 5.02 Å². The Bertz CT molecular complexity index is 821. The summed E-state index contributed by atoms with van der Waals surface area (Å²) in [7, 11) is 0. The predicted octanol–water partition coefficient (Wildman–Crippen LogP) is 5.41. The lowest BCUT2D eigenvalue weighted by Crippen LogP contribution is -2.10. The van der Waals surface area contributed by atoms with Gasteiger partial charge in [-0.3, -0.25) is 4.79 Å². The SMILES string of the molecule is CCc1ccc(NC(=O)c2ccc(-c3cccc(Cl)c3)o2)cc1. The first-order chi connectivity index (χ1) is 11.2. The summed E-state index contributed by atoms with van der Waals surface area (Å²) in [6.07, 6.45) is 0.968. The molecule has 0 fully saturated rings. The minimum Gasteiger partial charge on any atom is -0.451 e. The standard InChI is InChI=1S/C19H16ClNO2/c1-2-13-6-8-16(9-7-13)21-19(22)18-11-10-17(23-18)14-4-3-5-15(20)12-14/h3-12H,2H2,1H3,(H,21,22). The molecule has 0 bridgehead atoms. The zero-order chi connectivity index (χ0) is 16.2. The Kier molecular flexibility index (Phi) is 4.49. The van der Waals surface area contributed by atoms with Crippen molar-refractivity contribution in [3.05, 3.63) is 77.0 Å². The zero-order valence-electron chi connectivity index (χ0n) is 12.7. The quantitative estimate of drug-likeness (QED) is 0.696. The van der Waals surface area contributed by atoms with Crippen molar-refractivity contribution >= 4 is 23.2 Å². The van der Waals surface area contributed by atoms with Crippen molar-refractivity contribution in [1.29, 1.82) is 0 Å². The number of anilines is 1. The van der Waals surface area contributed by atoms with Crippen LogP contribution < -0.4 is 5.32 Å². The number of nitrogens with one attached hydrogen (secondary N) is 1. The average Bonchev–Trinajstić information content (AvgIpc) is 3.06. The van der Waals surface area contributed by atoms with Crippen LogP contribution in [0.25, 0.3) is 11.3 Å². The molecule has 3 nitrogen and oxygen atoms in total. The normalized spacial score (nSPS) is 10.5. The maximum absolute atomic E-state index is 12.2. The molecule has 0 radical (unpaired) electrons. The number of hydrogen-bond donors (Lipinski definition) is 1. The summed E-state index contributed by atoms with van der Waals surface area (Å²) in [4.78, 5) is 12.2. The van der Waals surface area contributed by atoms with Gasteiger partial charge in [0.25, 0.3) is 5.91 Å². The third-order valence-corrected chi connectivity index (χ3v) is 3.79. The first kappa shape index (κ1) is 15.4. The molecule has 4 heteroatoms. The lowest BCUT2D eigenvalue weighted by molar-refractivity contribution is 0.0997. The molecule has 1 N–H and O–H groups in total. The van der Waals surface area contributed by atoms with Crippen LogP contribution in [0.4, 0.5) is 5.69 Å². The molecule has 0 aliphatic heterocycles. The minimum absolute atomic E-state index is 0.263. The Morgan fingerprint density at radius 1 is 1.09 bits per heavy atom. The van der Waals surface area contributed by atoms with Crippen LogP contribution in [0.15, 0.2) is 65.1 Å². The second kappa shape index (κ2) is 6.71. The van der Waals surface area contributed by atoms with E-state index >= 15 is 0 Å². The number of amides is 1. The fourth-order valence-electron chi connectivity index (χ4n) is 2.27. The summed E-state index contributed by atoms with van der Waals surface area (Å²) in [5.74, 6) is 0.598. The van der Waals surface area contributed by atoms with Crippen molar-refractivity contribution in [3.8, 4) is 11.3 Å². The maximum atomic E-state index is 12.2. The summed E-state index contributed by atoms with van der Waals surface area (Å²) in [5, 5.41) is 3.45. The van der Waals surface area contributed by atoms with Crippen molar-refractivity contribution in [2.45, 2.75) is 13.3 Å². The van der Waals surface area contributed by atoms with E-state index in [-0.39, 0.29) is 11.7 Å². The third-order valence-electron chi connectivity index (χ3n) is 3.56. The molecule has 0 unspecified atom stereocenters. The third kappa shape index (κ3) is 3.63. The van der Waals surface area contributed by atoms with E-state index in [4.69, 9.17) is 16.0 Å². The molecular formula is C19H16ClNO2. The van der Waals surface area contributed by atoms with Gasteiger partial charge in [-0.15, -0.1) is 0 Å². The van der Waals surface area contributed by atoms with Gasteiger partial charge in [0, 0.05) is 16.3 Å². The molecule has 0 aliphatic carbocycles. The topological polar surface area (TPSA) is 42.2 Å². The van der Waals surface area contributed by atoms with E-state index in [1.807, 2.05) is 36.4 Å². The van der Waals surface area contributed by atoms with Crippen LogP contribution in [-0.4, -0.2) is 5.91 Å². The number of furan rings is 1. The van der Waals surface area contributed by atoms with Crippen molar-refractivity contribution in [1.82, 2.24) is 0 Å². The van der Waals surface area contributed by atoms with Gasteiger partial charge in [0.1, 0.15) is 5.76 Å². The summed E-state index contributed by atoms with van der Waals surface area (Å²) in [5.41, 5.74) is 2.81. The lowest BCUT2D eigenvalue weighted by Gasteiger charge is -2.04. The van der Waals surface area contributed by atoms with Crippen LogP contribution in [0.1, 0.15) is 23.0 Å². The van der Waals surface area contributed by atoms with E-state index < -0.39 is 0 Å². The van der Waals surface area contributed by atoms with Crippen LogP contribution >= 0.6 is 11.6 Å². The fourth-order valence-corrected chi connectivity index (χ4v) is 2.46. The number of aryl methyl sites for hydroxylation is 1. The van der Waals surface area contributed by atoms with Gasteiger partial charge in [-0.1, -0.05) is 42.8 Å². The Balaban J connectivity index is 1.75. The number of rotatable bonds is 4. The molecule has 0 saturated heterocycles. The number of halogens is 1. The first-order valence-electron chi connectivity index (χ1n) is 7.42. The molecule has 23 heavy (non-hydrogen) atoms. The highest BCUT2D eigenvalue weighted by Crippen LogP contribution is 2.25. The molecule has 1 heterocycles. The number of carbonyl (C=O) groups excluding carboxylic acids is 1. The fraction of sp³-hybridized carbons (Fsp3) is 0.105. The second-order valence-electron chi connectivity index (χ2n) is 5.18. The molecule has 3 rings (SSSR count).